The SMILES string of the molecule is C#CCCCC(=O)C1CCCC1CN. The van der Waals surface area contributed by atoms with Crippen LogP contribution in [0.4, 0.5) is 0 Å². The third-order valence-corrected chi connectivity index (χ3v) is 3.12. The predicted molar refractivity (Wildman–Crippen MR) is 57.6 cm³/mol. The molecule has 0 spiro atoms. The van der Waals surface area contributed by atoms with Crippen molar-refractivity contribution in [3.8, 4) is 12.3 Å². The highest BCUT2D eigenvalue weighted by molar-refractivity contribution is 5.81. The molecule has 0 radical (unpaired) electrons. The second-order valence-corrected chi connectivity index (χ2v) is 4.06. The molecule has 0 amide bonds. The number of carbonyl (C=O) groups excluding carboxylic acids is 1. The fourth-order valence-corrected chi connectivity index (χ4v) is 2.29. The van der Waals surface area contributed by atoms with Crippen LogP contribution in [-0.2, 0) is 4.79 Å². The first-order valence-corrected chi connectivity index (χ1v) is 5.45. The van der Waals surface area contributed by atoms with Crippen LogP contribution in [0.5, 0.6) is 0 Å². The molecule has 0 aromatic rings. The van der Waals surface area contributed by atoms with Gasteiger partial charge in [-0.25, -0.2) is 0 Å². The van der Waals surface area contributed by atoms with Crippen LogP contribution in [0.15, 0.2) is 0 Å². The average Bonchev–Trinajstić information content (AvgIpc) is 2.65. The third kappa shape index (κ3) is 2.85. The molecular formula is C12H19NO. The van der Waals surface area contributed by atoms with Gasteiger partial charge in [-0.05, 0) is 31.7 Å². The number of Topliss-reactive ketones (excluding diaryl/α,β-unsaturated/α-hetero) is 1. The molecule has 2 unspecified atom stereocenters. The van der Waals surface area contributed by atoms with Crippen LogP contribution in [-0.4, -0.2) is 12.3 Å². The van der Waals surface area contributed by atoms with E-state index >= 15 is 0 Å². The maximum atomic E-state index is 11.8. The first-order valence-electron chi connectivity index (χ1n) is 5.45. The van der Waals surface area contributed by atoms with Crippen molar-refractivity contribution in [2.24, 2.45) is 17.6 Å². The Labute approximate surface area is 86.2 Å². The zero-order valence-electron chi connectivity index (χ0n) is 8.67. The second-order valence-electron chi connectivity index (χ2n) is 4.06. The van der Waals surface area contributed by atoms with Crippen molar-refractivity contribution in [1.29, 1.82) is 0 Å². The molecular weight excluding hydrogens is 174 g/mol. The lowest BCUT2D eigenvalue weighted by Gasteiger charge is -2.15. The molecule has 0 aromatic carbocycles. The summed E-state index contributed by atoms with van der Waals surface area (Å²) in [5.41, 5.74) is 5.63. The van der Waals surface area contributed by atoms with E-state index in [1.165, 1.54) is 0 Å². The molecule has 0 aliphatic heterocycles. The summed E-state index contributed by atoms with van der Waals surface area (Å²) in [5, 5.41) is 0. The molecule has 2 nitrogen and oxygen atoms in total. The van der Waals surface area contributed by atoms with Crippen molar-refractivity contribution < 1.29 is 4.79 Å². The lowest BCUT2D eigenvalue weighted by Crippen LogP contribution is -2.24. The van der Waals surface area contributed by atoms with E-state index in [0.717, 1.165) is 25.7 Å². The van der Waals surface area contributed by atoms with E-state index in [-0.39, 0.29) is 5.92 Å². The first kappa shape index (κ1) is 11.3. The van der Waals surface area contributed by atoms with Crippen LogP contribution in [0, 0.1) is 24.2 Å². The molecule has 1 aliphatic carbocycles. The summed E-state index contributed by atoms with van der Waals surface area (Å²) in [7, 11) is 0. The number of hydrogen-bond acceptors (Lipinski definition) is 2. The van der Waals surface area contributed by atoms with E-state index in [2.05, 4.69) is 5.92 Å². The van der Waals surface area contributed by atoms with Gasteiger partial charge in [0.25, 0.3) is 0 Å². The lowest BCUT2D eigenvalue weighted by atomic mass is 9.89. The molecule has 1 rings (SSSR count). The standard InChI is InChI=1S/C12H19NO/c1-2-3-4-8-12(14)11-7-5-6-10(11)9-13/h1,10-11H,3-9,13H2. The average molecular weight is 193 g/mol. The highest BCUT2D eigenvalue weighted by Gasteiger charge is 2.30. The molecule has 2 atom stereocenters. The van der Waals surface area contributed by atoms with E-state index in [9.17, 15) is 4.79 Å². The fraction of sp³-hybridized carbons (Fsp3) is 0.750. The van der Waals surface area contributed by atoms with Gasteiger partial charge < -0.3 is 5.73 Å². The molecule has 0 heterocycles. The van der Waals surface area contributed by atoms with Crippen LogP contribution < -0.4 is 5.73 Å². The molecule has 78 valence electrons. The topological polar surface area (TPSA) is 43.1 Å². The van der Waals surface area contributed by atoms with Crippen molar-refractivity contribution in [3.05, 3.63) is 0 Å². The minimum Gasteiger partial charge on any atom is -0.330 e. The van der Waals surface area contributed by atoms with Gasteiger partial charge in [-0.1, -0.05) is 6.42 Å². The van der Waals surface area contributed by atoms with Gasteiger partial charge in [-0.3, -0.25) is 4.79 Å². The number of hydrogen-bond donors (Lipinski definition) is 1. The summed E-state index contributed by atoms with van der Waals surface area (Å²) in [6.45, 7) is 0.658. The van der Waals surface area contributed by atoms with Crippen molar-refractivity contribution in [3.63, 3.8) is 0 Å². The Hall–Kier alpha value is -0.810. The third-order valence-electron chi connectivity index (χ3n) is 3.12. The molecule has 1 saturated carbocycles. The van der Waals surface area contributed by atoms with Gasteiger partial charge in [0.05, 0.1) is 0 Å². The van der Waals surface area contributed by atoms with E-state index in [1.807, 2.05) is 0 Å². The molecule has 2 N–H and O–H groups in total. The minimum atomic E-state index is 0.234. The Bertz CT molecular complexity index is 229. The summed E-state index contributed by atoms with van der Waals surface area (Å²) < 4.78 is 0. The maximum absolute atomic E-state index is 11.8. The summed E-state index contributed by atoms with van der Waals surface area (Å²) in [6.07, 6.45) is 10.7. The van der Waals surface area contributed by atoms with Crippen LogP contribution in [0.1, 0.15) is 38.5 Å². The van der Waals surface area contributed by atoms with Crippen LogP contribution in [0.3, 0.4) is 0 Å². The quantitative estimate of drug-likeness (QED) is 0.534. The van der Waals surface area contributed by atoms with Crippen LogP contribution in [0.2, 0.25) is 0 Å². The van der Waals surface area contributed by atoms with Gasteiger partial charge in [0.15, 0.2) is 0 Å². The number of carbonyl (C=O) groups is 1. The van der Waals surface area contributed by atoms with Crippen LogP contribution in [0.25, 0.3) is 0 Å². The predicted octanol–water partition coefficient (Wildman–Crippen LogP) is 1.73. The molecule has 1 fully saturated rings. The Balaban J connectivity index is 2.32. The van der Waals surface area contributed by atoms with Gasteiger partial charge in [-0.15, -0.1) is 12.3 Å². The number of ketones is 1. The Kier molecular flexibility index (Phi) is 4.69. The highest BCUT2D eigenvalue weighted by atomic mass is 16.1. The largest absolute Gasteiger partial charge is 0.330 e. The Morgan fingerprint density at radius 3 is 2.93 bits per heavy atom. The van der Waals surface area contributed by atoms with Crippen molar-refractivity contribution in [2.75, 3.05) is 6.54 Å². The van der Waals surface area contributed by atoms with Crippen molar-refractivity contribution in [1.82, 2.24) is 0 Å². The molecule has 2 heteroatoms. The van der Waals surface area contributed by atoms with Gasteiger partial charge in [0.1, 0.15) is 5.78 Å². The maximum Gasteiger partial charge on any atom is 0.136 e. The number of nitrogens with two attached hydrogens (primary N) is 1. The number of unbranched alkanes of at least 4 members (excludes halogenated alkanes) is 1. The van der Waals surface area contributed by atoms with E-state index in [4.69, 9.17) is 12.2 Å². The van der Waals surface area contributed by atoms with E-state index in [0.29, 0.717) is 31.1 Å². The zero-order valence-corrected chi connectivity index (χ0v) is 8.67. The van der Waals surface area contributed by atoms with Gasteiger partial charge in [-0.2, -0.15) is 0 Å². The summed E-state index contributed by atoms with van der Waals surface area (Å²) >= 11 is 0. The van der Waals surface area contributed by atoms with E-state index < -0.39 is 0 Å². The molecule has 0 bridgehead atoms. The van der Waals surface area contributed by atoms with Gasteiger partial charge in [0.2, 0.25) is 0 Å². The highest BCUT2D eigenvalue weighted by Crippen LogP contribution is 2.32. The fourth-order valence-electron chi connectivity index (χ4n) is 2.29. The van der Waals surface area contributed by atoms with E-state index in [1.54, 1.807) is 0 Å². The Morgan fingerprint density at radius 2 is 2.29 bits per heavy atom. The minimum absolute atomic E-state index is 0.234. The van der Waals surface area contributed by atoms with Crippen molar-refractivity contribution >= 4 is 5.78 Å². The van der Waals surface area contributed by atoms with Crippen molar-refractivity contribution in [2.45, 2.75) is 38.5 Å². The van der Waals surface area contributed by atoms with Gasteiger partial charge >= 0.3 is 0 Å². The lowest BCUT2D eigenvalue weighted by molar-refractivity contribution is -0.123. The second kappa shape index (κ2) is 5.82. The molecule has 14 heavy (non-hydrogen) atoms. The monoisotopic (exact) mass is 193 g/mol. The summed E-state index contributed by atoms with van der Waals surface area (Å²) in [5.74, 6) is 3.62. The zero-order chi connectivity index (χ0) is 10.4. The van der Waals surface area contributed by atoms with Crippen LogP contribution >= 0.6 is 0 Å². The first-order chi connectivity index (χ1) is 6.79. The normalized spacial score (nSPS) is 26.0. The molecule has 1 aliphatic rings. The molecule has 0 saturated heterocycles. The summed E-state index contributed by atoms with van der Waals surface area (Å²) in [4.78, 5) is 11.8. The Morgan fingerprint density at radius 1 is 1.50 bits per heavy atom. The summed E-state index contributed by atoms with van der Waals surface area (Å²) in [6, 6.07) is 0. The number of rotatable bonds is 5. The smallest absolute Gasteiger partial charge is 0.136 e. The number of terminal acetylenes is 1. The van der Waals surface area contributed by atoms with Gasteiger partial charge in [0, 0.05) is 18.8 Å². The molecule has 0 aromatic heterocycles.